The second-order valence-corrected chi connectivity index (χ2v) is 4.47. The molecule has 0 spiro atoms. The summed E-state index contributed by atoms with van der Waals surface area (Å²) in [7, 11) is 4.72. The maximum Gasteiger partial charge on any atom is 0.232 e. The summed E-state index contributed by atoms with van der Waals surface area (Å²) in [6, 6.07) is 1.62. The highest BCUT2D eigenvalue weighted by Gasteiger charge is 2.13. The van der Waals surface area contributed by atoms with E-state index in [0.29, 0.717) is 48.8 Å². The summed E-state index contributed by atoms with van der Waals surface area (Å²) in [5.74, 6) is 1.36. The van der Waals surface area contributed by atoms with Crippen LogP contribution in [0.4, 0.5) is 5.95 Å². The van der Waals surface area contributed by atoms with Crippen LogP contribution in [-0.4, -0.2) is 56.0 Å². The van der Waals surface area contributed by atoms with Crippen molar-refractivity contribution in [3.63, 3.8) is 0 Å². The van der Waals surface area contributed by atoms with Crippen molar-refractivity contribution in [3.05, 3.63) is 6.07 Å². The van der Waals surface area contributed by atoms with Crippen molar-refractivity contribution in [2.24, 2.45) is 5.73 Å². The maximum absolute atomic E-state index is 5.54. The normalized spacial score (nSPS) is 10.2. The lowest BCUT2D eigenvalue weighted by atomic mass is 10.4. The smallest absolute Gasteiger partial charge is 0.232 e. The minimum absolute atomic E-state index is 0.435. The van der Waals surface area contributed by atoms with Crippen molar-refractivity contribution in [1.29, 1.82) is 0 Å². The monoisotopic (exact) mass is 300 g/mol. The lowest BCUT2D eigenvalue weighted by Crippen LogP contribution is -2.32. The number of anilines is 1. The second kappa shape index (κ2) is 8.49. The molecule has 0 aliphatic rings. The molecule has 0 bridgehead atoms. The van der Waals surface area contributed by atoms with Gasteiger partial charge in [0.1, 0.15) is 0 Å². The van der Waals surface area contributed by atoms with Gasteiger partial charge in [-0.05, 0) is 0 Å². The predicted molar refractivity (Wildman–Crippen MR) is 80.6 cm³/mol. The number of nitrogens with zero attached hydrogens (tertiary/aromatic N) is 3. The van der Waals surface area contributed by atoms with Crippen LogP contribution in [0.1, 0.15) is 6.42 Å². The van der Waals surface area contributed by atoms with Crippen LogP contribution in [-0.2, 0) is 4.74 Å². The fourth-order valence-electron chi connectivity index (χ4n) is 1.50. The molecule has 1 heterocycles. The highest BCUT2D eigenvalue weighted by atomic mass is 32.1. The van der Waals surface area contributed by atoms with E-state index in [-0.39, 0.29) is 0 Å². The molecule has 0 fully saturated rings. The Labute approximate surface area is 124 Å². The summed E-state index contributed by atoms with van der Waals surface area (Å²) >= 11 is 4.90. The Morgan fingerprint density at radius 3 is 2.25 bits per heavy atom. The average molecular weight is 300 g/mol. The highest BCUT2D eigenvalue weighted by molar-refractivity contribution is 7.80. The molecule has 1 aromatic heterocycles. The zero-order valence-corrected chi connectivity index (χ0v) is 12.8. The van der Waals surface area contributed by atoms with E-state index in [0.717, 1.165) is 0 Å². The Morgan fingerprint density at radius 2 is 1.80 bits per heavy atom. The molecular formula is C12H20N4O3S. The van der Waals surface area contributed by atoms with Gasteiger partial charge in [-0.15, -0.1) is 0 Å². The number of hydrogen-bond acceptors (Lipinski definition) is 7. The minimum Gasteiger partial charge on any atom is -0.481 e. The molecule has 0 aliphatic carbocycles. The molecular weight excluding hydrogens is 280 g/mol. The average Bonchev–Trinajstić information content (AvgIpc) is 2.46. The molecule has 112 valence electrons. The topological polar surface area (TPSA) is 82.7 Å². The molecule has 8 heteroatoms. The van der Waals surface area contributed by atoms with Crippen LogP contribution < -0.4 is 20.1 Å². The van der Waals surface area contributed by atoms with Crippen molar-refractivity contribution >= 4 is 23.2 Å². The van der Waals surface area contributed by atoms with Crippen LogP contribution in [0, 0.1) is 0 Å². The van der Waals surface area contributed by atoms with Crippen molar-refractivity contribution < 1.29 is 14.2 Å². The molecule has 0 unspecified atom stereocenters. The molecule has 0 aromatic carbocycles. The highest BCUT2D eigenvalue weighted by Crippen LogP contribution is 2.20. The van der Waals surface area contributed by atoms with Crippen LogP contribution in [0.3, 0.4) is 0 Å². The van der Waals surface area contributed by atoms with Gasteiger partial charge in [0.2, 0.25) is 17.7 Å². The molecule has 7 nitrogen and oxygen atoms in total. The van der Waals surface area contributed by atoms with Crippen LogP contribution in [0.25, 0.3) is 0 Å². The number of nitrogens with two attached hydrogens (primary N) is 1. The summed E-state index contributed by atoms with van der Waals surface area (Å²) in [5.41, 5.74) is 5.54. The van der Waals surface area contributed by atoms with Crippen LogP contribution >= 0.6 is 12.2 Å². The van der Waals surface area contributed by atoms with Crippen LogP contribution in [0.2, 0.25) is 0 Å². The third-order valence-electron chi connectivity index (χ3n) is 2.56. The molecule has 1 rings (SSSR count). The van der Waals surface area contributed by atoms with Gasteiger partial charge in [-0.3, -0.25) is 0 Å². The molecule has 0 radical (unpaired) electrons. The molecule has 0 amide bonds. The van der Waals surface area contributed by atoms with Crippen molar-refractivity contribution in [3.8, 4) is 11.8 Å². The third kappa shape index (κ3) is 5.14. The largest absolute Gasteiger partial charge is 0.481 e. The summed E-state index contributed by atoms with van der Waals surface area (Å²) in [6.07, 6.45) is 0.571. The molecule has 0 atom stereocenters. The van der Waals surface area contributed by atoms with E-state index in [4.69, 9.17) is 32.2 Å². The lowest BCUT2D eigenvalue weighted by Gasteiger charge is -2.22. The van der Waals surface area contributed by atoms with Gasteiger partial charge in [0.05, 0.1) is 31.9 Å². The lowest BCUT2D eigenvalue weighted by molar-refractivity contribution is 0.205. The molecule has 0 saturated heterocycles. The first kappa shape index (κ1) is 16.4. The molecule has 0 saturated carbocycles. The van der Waals surface area contributed by atoms with E-state index in [1.54, 1.807) is 27.4 Å². The number of methoxy groups -OCH3 is 3. The fourth-order valence-corrected chi connectivity index (χ4v) is 1.59. The summed E-state index contributed by atoms with van der Waals surface area (Å²) in [5, 5.41) is 0. The first-order valence-electron chi connectivity index (χ1n) is 6.10. The van der Waals surface area contributed by atoms with Gasteiger partial charge in [0.15, 0.2) is 0 Å². The number of rotatable bonds is 9. The summed E-state index contributed by atoms with van der Waals surface area (Å²) in [6.45, 7) is 1.77. The zero-order chi connectivity index (χ0) is 15.0. The van der Waals surface area contributed by atoms with E-state index in [1.165, 1.54) is 0 Å². The number of thiocarbonyl (C=S) groups is 1. The first-order chi connectivity index (χ1) is 9.60. The first-order valence-corrected chi connectivity index (χ1v) is 6.50. The van der Waals surface area contributed by atoms with E-state index in [9.17, 15) is 0 Å². The maximum atomic E-state index is 5.54. The summed E-state index contributed by atoms with van der Waals surface area (Å²) < 4.78 is 15.4. The molecule has 0 aliphatic heterocycles. The standard InChI is InChI=1S/C12H20N4O3S/c1-17-7-6-16(5-4-9(13)20)12-14-10(18-2)8-11(15-12)19-3/h8H,4-7H2,1-3H3,(H2,13,20). The van der Waals surface area contributed by atoms with Gasteiger partial charge in [-0.25, -0.2) is 0 Å². The zero-order valence-electron chi connectivity index (χ0n) is 12.0. The SMILES string of the molecule is COCCN(CCC(N)=S)c1nc(OC)cc(OC)n1. The molecule has 1 aromatic rings. The van der Waals surface area contributed by atoms with Crippen LogP contribution in [0.15, 0.2) is 6.07 Å². The third-order valence-corrected chi connectivity index (χ3v) is 2.77. The Hall–Kier alpha value is -1.67. The van der Waals surface area contributed by atoms with Gasteiger partial charge in [-0.1, -0.05) is 12.2 Å². The van der Waals surface area contributed by atoms with Crippen molar-refractivity contribution in [2.75, 3.05) is 45.9 Å². The fraction of sp³-hybridized carbons (Fsp3) is 0.583. The van der Waals surface area contributed by atoms with Gasteiger partial charge >= 0.3 is 0 Å². The van der Waals surface area contributed by atoms with E-state index in [1.807, 2.05) is 4.90 Å². The molecule has 20 heavy (non-hydrogen) atoms. The van der Waals surface area contributed by atoms with Gasteiger partial charge in [-0.2, -0.15) is 9.97 Å². The quantitative estimate of drug-likeness (QED) is 0.665. The van der Waals surface area contributed by atoms with Crippen molar-refractivity contribution in [2.45, 2.75) is 6.42 Å². The Morgan fingerprint density at radius 1 is 1.20 bits per heavy atom. The number of ether oxygens (including phenoxy) is 3. The Bertz CT molecular complexity index is 422. The van der Waals surface area contributed by atoms with E-state index in [2.05, 4.69) is 9.97 Å². The Kier molecular flexibility index (Phi) is 6.96. The number of hydrogen-bond donors (Lipinski definition) is 1. The van der Waals surface area contributed by atoms with Gasteiger partial charge in [0.25, 0.3) is 0 Å². The predicted octanol–water partition coefficient (Wildman–Crippen LogP) is 0.623. The van der Waals surface area contributed by atoms with E-state index < -0.39 is 0 Å². The summed E-state index contributed by atoms with van der Waals surface area (Å²) in [4.78, 5) is 11.0. The van der Waals surface area contributed by atoms with Crippen molar-refractivity contribution in [1.82, 2.24) is 9.97 Å². The number of aromatic nitrogens is 2. The Balaban J connectivity index is 2.94. The van der Waals surface area contributed by atoms with E-state index >= 15 is 0 Å². The van der Waals surface area contributed by atoms with Gasteiger partial charge < -0.3 is 24.8 Å². The van der Waals surface area contributed by atoms with Crippen LogP contribution in [0.5, 0.6) is 11.8 Å². The van der Waals surface area contributed by atoms with Gasteiger partial charge in [0, 0.05) is 26.6 Å². The molecule has 2 N–H and O–H groups in total. The second-order valence-electron chi connectivity index (χ2n) is 3.95. The minimum atomic E-state index is 0.435.